The van der Waals surface area contributed by atoms with Crippen molar-refractivity contribution >= 4 is 44.4 Å². The Hall–Kier alpha value is -1.98. The molecule has 1 unspecified atom stereocenters. The number of thioether (sulfide) groups is 1. The molecule has 0 N–H and O–H groups in total. The number of carbonyl (C=O) groups is 1. The molecule has 4 rings (SSSR count). The Kier molecular flexibility index (Phi) is 4.92. The Labute approximate surface area is 165 Å². The van der Waals surface area contributed by atoms with Crippen LogP contribution in [0.2, 0.25) is 0 Å². The van der Waals surface area contributed by atoms with Crippen molar-refractivity contribution in [3.63, 3.8) is 0 Å². The summed E-state index contributed by atoms with van der Waals surface area (Å²) < 4.78 is 6.53. The maximum atomic E-state index is 13.4. The van der Waals surface area contributed by atoms with Crippen molar-refractivity contribution in [1.82, 2.24) is 4.90 Å². The second-order valence-corrected chi connectivity index (χ2v) is 8.24. The first-order valence-electron chi connectivity index (χ1n) is 8.43. The van der Waals surface area contributed by atoms with E-state index < -0.39 is 0 Å². The molecule has 3 nitrogen and oxygen atoms in total. The number of nitrogens with zero attached hydrogens (tertiary/aromatic N) is 1. The Morgan fingerprint density at radius 2 is 1.96 bits per heavy atom. The molecular weight excluding hydrogens is 410 g/mol. The van der Waals surface area contributed by atoms with Crippen LogP contribution in [0.1, 0.15) is 21.3 Å². The number of ether oxygens (including phenoxy) is 1. The van der Waals surface area contributed by atoms with Crippen LogP contribution in [0.25, 0.3) is 10.8 Å². The molecule has 0 saturated carbocycles. The van der Waals surface area contributed by atoms with Gasteiger partial charge < -0.3 is 9.64 Å². The van der Waals surface area contributed by atoms with Gasteiger partial charge in [0.1, 0.15) is 11.1 Å². The number of fused-ring (bicyclic) bond motifs is 1. The van der Waals surface area contributed by atoms with Crippen LogP contribution in [0.4, 0.5) is 0 Å². The maximum Gasteiger partial charge on any atom is 0.255 e. The molecule has 1 saturated heterocycles. The van der Waals surface area contributed by atoms with E-state index in [4.69, 9.17) is 4.74 Å². The molecule has 1 atom stereocenters. The molecule has 1 heterocycles. The van der Waals surface area contributed by atoms with Gasteiger partial charge in [-0.15, -0.1) is 11.8 Å². The number of methoxy groups -OCH3 is 1. The molecule has 26 heavy (non-hydrogen) atoms. The summed E-state index contributed by atoms with van der Waals surface area (Å²) in [7, 11) is 1.67. The summed E-state index contributed by atoms with van der Waals surface area (Å²) in [4.78, 5) is 15.3. The number of hydrogen-bond donors (Lipinski definition) is 0. The topological polar surface area (TPSA) is 29.5 Å². The van der Waals surface area contributed by atoms with Crippen LogP contribution in [0, 0.1) is 0 Å². The van der Waals surface area contributed by atoms with E-state index >= 15 is 0 Å². The Morgan fingerprint density at radius 1 is 1.15 bits per heavy atom. The summed E-state index contributed by atoms with van der Waals surface area (Å²) in [5.74, 6) is 1.79. The molecule has 5 heteroatoms. The van der Waals surface area contributed by atoms with Gasteiger partial charge in [-0.1, -0.05) is 52.3 Å². The highest BCUT2D eigenvalue weighted by Crippen LogP contribution is 2.43. The summed E-state index contributed by atoms with van der Waals surface area (Å²) >= 11 is 5.31. The van der Waals surface area contributed by atoms with E-state index in [1.807, 2.05) is 65.6 Å². The summed E-state index contributed by atoms with van der Waals surface area (Å²) in [6.07, 6.45) is 0. The van der Waals surface area contributed by atoms with Gasteiger partial charge in [0, 0.05) is 27.9 Å². The molecule has 1 aliphatic heterocycles. The second-order valence-electron chi connectivity index (χ2n) is 6.13. The van der Waals surface area contributed by atoms with E-state index in [9.17, 15) is 4.79 Å². The zero-order valence-electron chi connectivity index (χ0n) is 14.3. The second kappa shape index (κ2) is 7.33. The van der Waals surface area contributed by atoms with Crippen molar-refractivity contribution in [3.8, 4) is 5.75 Å². The molecule has 0 aromatic heterocycles. The molecule has 132 valence electrons. The van der Waals surface area contributed by atoms with Crippen molar-refractivity contribution in [2.24, 2.45) is 0 Å². The smallest absolute Gasteiger partial charge is 0.255 e. The van der Waals surface area contributed by atoms with E-state index in [-0.39, 0.29) is 11.3 Å². The largest absolute Gasteiger partial charge is 0.496 e. The Morgan fingerprint density at radius 3 is 2.81 bits per heavy atom. The summed E-state index contributed by atoms with van der Waals surface area (Å²) in [6.45, 7) is 0.729. The van der Waals surface area contributed by atoms with Gasteiger partial charge in [-0.2, -0.15) is 0 Å². The zero-order valence-corrected chi connectivity index (χ0v) is 16.7. The number of halogens is 1. The minimum Gasteiger partial charge on any atom is -0.496 e. The normalized spacial score (nSPS) is 16.8. The molecule has 3 aromatic rings. The minimum absolute atomic E-state index is 0.0473. The lowest BCUT2D eigenvalue weighted by Gasteiger charge is -2.26. The molecule has 0 spiro atoms. The summed E-state index contributed by atoms with van der Waals surface area (Å²) in [6, 6.07) is 19.9. The van der Waals surface area contributed by atoms with Crippen molar-refractivity contribution in [2.75, 3.05) is 19.4 Å². The van der Waals surface area contributed by atoms with E-state index in [2.05, 4.69) is 15.9 Å². The zero-order chi connectivity index (χ0) is 18.1. The average molecular weight is 428 g/mol. The predicted octanol–water partition coefficient (Wildman–Crippen LogP) is 5.50. The molecule has 0 radical (unpaired) electrons. The maximum absolute atomic E-state index is 13.4. The number of hydrogen-bond acceptors (Lipinski definition) is 3. The van der Waals surface area contributed by atoms with Crippen LogP contribution in [-0.4, -0.2) is 30.2 Å². The van der Waals surface area contributed by atoms with Gasteiger partial charge in [-0.25, -0.2) is 0 Å². The number of benzene rings is 3. The van der Waals surface area contributed by atoms with Crippen molar-refractivity contribution in [3.05, 3.63) is 76.3 Å². The van der Waals surface area contributed by atoms with E-state index in [1.165, 1.54) is 0 Å². The molecule has 1 fully saturated rings. The SMILES string of the molecule is COc1ccc(Br)cc1C1SCCN1C(=O)c1cccc2ccccc12. The molecular formula is C21H18BrNO2S. The van der Waals surface area contributed by atoms with Gasteiger partial charge in [0.2, 0.25) is 0 Å². The highest BCUT2D eigenvalue weighted by molar-refractivity contribution is 9.10. The standard InChI is InChI=1S/C21H18BrNO2S/c1-25-19-10-9-15(22)13-18(19)21-23(11-12-26-21)20(24)17-8-4-6-14-5-2-3-7-16(14)17/h2-10,13,21H,11-12H2,1H3. The number of rotatable bonds is 3. The predicted molar refractivity (Wildman–Crippen MR) is 111 cm³/mol. The first-order valence-corrected chi connectivity index (χ1v) is 10.3. The Bertz CT molecular complexity index is 970. The summed E-state index contributed by atoms with van der Waals surface area (Å²) in [5, 5.41) is 2.03. The highest BCUT2D eigenvalue weighted by atomic mass is 79.9. The average Bonchev–Trinajstić information content (AvgIpc) is 3.16. The number of carbonyl (C=O) groups excluding carboxylic acids is 1. The van der Waals surface area contributed by atoms with Crippen LogP contribution >= 0.6 is 27.7 Å². The fourth-order valence-electron chi connectivity index (χ4n) is 3.40. The molecule has 0 bridgehead atoms. The molecule has 3 aromatic carbocycles. The van der Waals surface area contributed by atoms with Crippen LogP contribution in [0.15, 0.2) is 65.1 Å². The van der Waals surface area contributed by atoms with E-state index in [0.717, 1.165) is 44.4 Å². The van der Waals surface area contributed by atoms with Crippen LogP contribution in [0.5, 0.6) is 5.75 Å². The number of amides is 1. The quantitative estimate of drug-likeness (QED) is 0.552. The van der Waals surface area contributed by atoms with Crippen LogP contribution in [0.3, 0.4) is 0 Å². The monoisotopic (exact) mass is 427 g/mol. The third-order valence-corrected chi connectivity index (χ3v) is 6.37. The molecule has 1 amide bonds. The highest BCUT2D eigenvalue weighted by Gasteiger charge is 2.33. The molecule has 1 aliphatic rings. The minimum atomic E-state index is -0.0473. The fraction of sp³-hybridized carbons (Fsp3) is 0.190. The first-order chi connectivity index (χ1) is 12.7. The Balaban J connectivity index is 1.75. The van der Waals surface area contributed by atoms with Gasteiger partial charge in [-0.05, 0) is 35.0 Å². The summed E-state index contributed by atoms with van der Waals surface area (Å²) in [5.41, 5.74) is 1.78. The van der Waals surface area contributed by atoms with E-state index in [1.54, 1.807) is 18.9 Å². The van der Waals surface area contributed by atoms with Crippen molar-refractivity contribution in [2.45, 2.75) is 5.37 Å². The van der Waals surface area contributed by atoms with E-state index in [0.29, 0.717) is 0 Å². The van der Waals surface area contributed by atoms with Gasteiger partial charge in [-0.3, -0.25) is 4.79 Å². The molecule has 0 aliphatic carbocycles. The van der Waals surface area contributed by atoms with Crippen molar-refractivity contribution < 1.29 is 9.53 Å². The van der Waals surface area contributed by atoms with Gasteiger partial charge in [0.25, 0.3) is 5.91 Å². The van der Waals surface area contributed by atoms with Crippen LogP contribution < -0.4 is 4.74 Å². The van der Waals surface area contributed by atoms with Gasteiger partial charge >= 0.3 is 0 Å². The fourth-order valence-corrected chi connectivity index (χ4v) is 5.05. The third-order valence-electron chi connectivity index (χ3n) is 4.63. The van der Waals surface area contributed by atoms with Crippen LogP contribution in [-0.2, 0) is 0 Å². The first kappa shape index (κ1) is 17.4. The van der Waals surface area contributed by atoms with Gasteiger partial charge in [0.05, 0.1) is 7.11 Å². The lowest BCUT2D eigenvalue weighted by molar-refractivity contribution is 0.0761. The lowest BCUT2D eigenvalue weighted by atomic mass is 10.0. The third kappa shape index (κ3) is 3.10. The van der Waals surface area contributed by atoms with Gasteiger partial charge in [0.15, 0.2) is 0 Å². The van der Waals surface area contributed by atoms with Crippen molar-refractivity contribution in [1.29, 1.82) is 0 Å². The lowest BCUT2D eigenvalue weighted by Crippen LogP contribution is -2.30.